The molecule has 27 heavy (non-hydrogen) atoms. The second kappa shape index (κ2) is 6.72. The fourth-order valence-corrected chi connectivity index (χ4v) is 3.60. The van der Waals surface area contributed by atoms with Crippen molar-refractivity contribution < 1.29 is 9.59 Å². The lowest BCUT2D eigenvalue weighted by atomic mass is 9.95. The lowest BCUT2D eigenvalue weighted by Crippen LogP contribution is -2.18. The van der Waals surface area contributed by atoms with Crippen LogP contribution in [0.25, 0.3) is 11.1 Å². The first-order valence-electron chi connectivity index (χ1n) is 8.92. The minimum atomic E-state index is -0.207. The molecule has 1 aliphatic heterocycles. The number of hydrogen-bond donors (Lipinski definition) is 2. The number of carbonyl (C=O) groups is 2. The van der Waals surface area contributed by atoms with Gasteiger partial charge in [0.2, 0.25) is 0 Å². The van der Waals surface area contributed by atoms with Crippen LogP contribution in [0.2, 0.25) is 0 Å². The van der Waals surface area contributed by atoms with E-state index in [0.29, 0.717) is 23.4 Å². The standard InChI is InChI=1S/C23H20N2O2/c1-14-8-9-17(15(2)12-14)22(26)25-20-11-10-18(16-6-4-3-5-7-16)19-13-24-23(27)21(19)20/h3-12H,13H2,1-2H3,(H,24,27)(H,25,26). The molecule has 4 heteroatoms. The number of benzene rings is 3. The van der Waals surface area contributed by atoms with E-state index in [9.17, 15) is 9.59 Å². The van der Waals surface area contributed by atoms with Crippen LogP contribution in [0, 0.1) is 13.8 Å². The van der Waals surface area contributed by atoms with E-state index in [4.69, 9.17) is 0 Å². The number of aryl methyl sites for hydroxylation is 2. The highest BCUT2D eigenvalue weighted by Gasteiger charge is 2.27. The van der Waals surface area contributed by atoms with Gasteiger partial charge in [-0.15, -0.1) is 0 Å². The van der Waals surface area contributed by atoms with Crippen molar-refractivity contribution in [2.45, 2.75) is 20.4 Å². The molecule has 1 heterocycles. The van der Waals surface area contributed by atoms with Crippen LogP contribution < -0.4 is 10.6 Å². The van der Waals surface area contributed by atoms with Crippen LogP contribution in [0.1, 0.15) is 37.4 Å². The summed E-state index contributed by atoms with van der Waals surface area (Å²) >= 11 is 0. The molecule has 0 fully saturated rings. The van der Waals surface area contributed by atoms with Crippen molar-refractivity contribution in [2.24, 2.45) is 0 Å². The molecule has 134 valence electrons. The number of anilines is 1. The van der Waals surface area contributed by atoms with Crippen LogP contribution in [0.4, 0.5) is 5.69 Å². The number of carbonyl (C=O) groups excluding carboxylic acids is 2. The number of rotatable bonds is 3. The van der Waals surface area contributed by atoms with Gasteiger partial charge in [0.05, 0.1) is 11.3 Å². The van der Waals surface area contributed by atoms with Crippen LogP contribution in [0.15, 0.2) is 60.7 Å². The molecule has 4 rings (SSSR count). The van der Waals surface area contributed by atoms with Gasteiger partial charge in [-0.3, -0.25) is 9.59 Å². The monoisotopic (exact) mass is 356 g/mol. The molecule has 0 spiro atoms. The van der Waals surface area contributed by atoms with E-state index in [1.54, 1.807) is 0 Å². The quantitative estimate of drug-likeness (QED) is 0.728. The maximum Gasteiger partial charge on any atom is 0.255 e. The predicted octanol–water partition coefficient (Wildman–Crippen LogP) is 4.47. The van der Waals surface area contributed by atoms with Gasteiger partial charge >= 0.3 is 0 Å². The molecular weight excluding hydrogens is 336 g/mol. The summed E-state index contributed by atoms with van der Waals surface area (Å²) < 4.78 is 0. The van der Waals surface area contributed by atoms with Gasteiger partial charge in [-0.25, -0.2) is 0 Å². The number of amides is 2. The van der Waals surface area contributed by atoms with Crippen LogP contribution >= 0.6 is 0 Å². The third kappa shape index (κ3) is 3.10. The first kappa shape index (κ1) is 17.0. The van der Waals surface area contributed by atoms with E-state index in [1.165, 1.54) is 0 Å². The van der Waals surface area contributed by atoms with E-state index in [1.807, 2.05) is 74.5 Å². The Morgan fingerprint density at radius 2 is 1.78 bits per heavy atom. The van der Waals surface area contributed by atoms with E-state index in [0.717, 1.165) is 27.8 Å². The lowest BCUT2D eigenvalue weighted by molar-refractivity contribution is 0.0966. The summed E-state index contributed by atoms with van der Waals surface area (Å²) in [6.45, 7) is 4.37. The van der Waals surface area contributed by atoms with E-state index in [-0.39, 0.29) is 11.8 Å². The van der Waals surface area contributed by atoms with Crippen molar-refractivity contribution in [3.8, 4) is 11.1 Å². The van der Waals surface area contributed by atoms with Gasteiger partial charge in [0, 0.05) is 12.1 Å². The van der Waals surface area contributed by atoms with Crippen molar-refractivity contribution >= 4 is 17.5 Å². The first-order chi connectivity index (χ1) is 13.0. The molecule has 0 atom stereocenters. The van der Waals surface area contributed by atoms with Gasteiger partial charge in [-0.05, 0) is 48.2 Å². The summed E-state index contributed by atoms with van der Waals surface area (Å²) in [5.74, 6) is -0.361. The Kier molecular flexibility index (Phi) is 4.24. The minimum Gasteiger partial charge on any atom is -0.348 e. The third-order valence-electron chi connectivity index (χ3n) is 4.93. The largest absolute Gasteiger partial charge is 0.348 e. The molecule has 4 nitrogen and oxygen atoms in total. The summed E-state index contributed by atoms with van der Waals surface area (Å²) in [6, 6.07) is 19.4. The molecular formula is C23H20N2O2. The maximum atomic E-state index is 12.8. The van der Waals surface area contributed by atoms with Gasteiger partial charge in [0.25, 0.3) is 11.8 Å². The smallest absolute Gasteiger partial charge is 0.255 e. The summed E-state index contributed by atoms with van der Waals surface area (Å²) in [7, 11) is 0. The van der Waals surface area contributed by atoms with E-state index < -0.39 is 0 Å². The van der Waals surface area contributed by atoms with Gasteiger partial charge in [-0.2, -0.15) is 0 Å². The molecule has 0 aromatic heterocycles. The number of fused-ring (bicyclic) bond motifs is 1. The molecule has 2 amide bonds. The average Bonchev–Trinajstić information content (AvgIpc) is 3.05. The molecule has 0 unspecified atom stereocenters. The fourth-order valence-electron chi connectivity index (χ4n) is 3.60. The zero-order valence-electron chi connectivity index (χ0n) is 15.3. The second-order valence-electron chi connectivity index (χ2n) is 6.84. The Labute approximate surface area is 158 Å². The highest BCUT2D eigenvalue weighted by molar-refractivity contribution is 6.12. The summed E-state index contributed by atoms with van der Waals surface area (Å²) in [5.41, 5.74) is 6.71. The molecule has 2 N–H and O–H groups in total. The molecule has 3 aromatic carbocycles. The average molecular weight is 356 g/mol. The van der Waals surface area contributed by atoms with Crippen LogP contribution in [-0.2, 0) is 6.54 Å². The zero-order chi connectivity index (χ0) is 19.0. The van der Waals surface area contributed by atoms with Crippen LogP contribution in [0.5, 0.6) is 0 Å². The topological polar surface area (TPSA) is 58.2 Å². The van der Waals surface area contributed by atoms with Crippen LogP contribution in [-0.4, -0.2) is 11.8 Å². The van der Waals surface area contributed by atoms with Gasteiger partial charge in [0.1, 0.15) is 0 Å². The maximum absolute atomic E-state index is 12.8. The summed E-state index contributed by atoms with van der Waals surface area (Å²) in [6.07, 6.45) is 0. The molecule has 1 aliphatic rings. The Morgan fingerprint density at radius 3 is 2.52 bits per heavy atom. The third-order valence-corrected chi connectivity index (χ3v) is 4.93. The molecule has 0 radical (unpaired) electrons. The molecule has 0 aliphatic carbocycles. The lowest BCUT2D eigenvalue weighted by Gasteiger charge is -2.14. The van der Waals surface area contributed by atoms with E-state index in [2.05, 4.69) is 10.6 Å². The fraction of sp³-hybridized carbons (Fsp3) is 0.130. The normalized spacial score (nSPS) is 12.4. The van der Waals surface area contributed by atoms with Crippen molar-refractivity contribution in [3.05, 3.63) is 88.5 Å². The summed E-state index contributed by atoms with van der Waals surface area (Å²) in [4.78, 5) is 25.2. The molecule has 3 aromatic rings. The SMILES string of the molecule is Cc1ccc(C(=O)Nc2ccc(-c3ccccc3)c3c2C(=O)NC3)c(C)c1. The van der Waals surface area contributed by atoms with Crippen molar-refractivity contribution in [3.63, 3.8) is 0 Å². The van der Waals surface area contributed by atoms with Gasteiger partial charge in [-0.1, -0.05) is 54.1 Å². The Hall–Kier alpha value is -3.40. The molecule has 0 saturated heterocycles. The zero-order valence-corrected chi connectivity index (χ0v) is 15.3. The summed E-state index contributed by atoms with van der Waals surface area (Å²) in [5, 5.41) is 5.81. The Bertz CT molecular complexity index is 1060. The number of nitrogens with one attached hydrogen (secondary N) is 2. The van der Waals surface area contributed by atoms with E-state index >= 15 is 0 Å². The Balaban J connectivity index is 1.73. The van der Waals surface area contributed by atoms with Crippen molar-refractivity contribution in [1.82, 2.24) is 5.32 Å². The minimum absolute atomic E-state index is 0.154. The number of hydrogen-bond acceptors (Lipinski definition) is 2. The molecule has 0 saturated carbocycles. The second-order valence-corrected chi connectivity index (χ2v) is 6.84. The Morgan fingerprint density at radius 1 is 1.00 bits per heavy atom. The highest BCUT2D eigenvalue weighted by Crippen LogP contribution is 2.34. The van der Waals surface area contributed by atoms with Gasteiger partial charge in [0.15, 0.2) is 0 Å². The molecule has 0 bridgehead atoms. The van der Waals surface area contributed by atoms with Crippen molar-refractivity contribution in [1.29, 1.82) is 0 Å². The van der Waals surface area contributed by atoms with Crippen molar-refractivity contribution in [2.75, 3.05) is 5.32 Å². The van der Waals surface area contributed by atoms with Gasteiger partial charge < -0.3 is 10.6 Å². The van der Waals surface area contributed by atoms with Crippen LogP contribution in [0.3, 0.4) is 0 Å². The first-order valence-corrected chi connectivity index (χ1v) is 8.92. The highest BCUT2D eigenvalue weighted by atomic mass is 16.2. The predicted molar refractivity (Wildman–Crippen MR) is 107 cm³/mol.